The van der Waals surface area contributed by atoms with E-state index in [0.29, 0.717) is 12.0 Å². The van der Waals surface area contributed by atoms with Crippen LogP contribution in [-0.2, 0) is 0 Å². The van der Waals surface area contributed by atoms with E-state index in [0.717, 1.165) is 5.69 Å². The van der Waals surface area contributed by atoms with Gasteiger partial charge >= 0.3 is 0 Å². The predicted molar refractivity (Wildman–Crippen MR) is 60.2 cm³/mol. The molecule has 0 aliphatic rings. The van der Waals surface area contributed by atoms with Gasteiger partial charge < -0.3 is 10.3 Å². The average molecular weight is 195 g/mol. The maximum atomic E-state index is 5.80. The van der Waals surface area contributed by atoms with E-state index in [4.69, 9.17) is 5.73 Å². The molecule has 0 spiro atoms. The molecule has 0 bridgehead atoms. The summed E-state index contributed by atoms with van der Waals surface area (Å²) >= 11 is 0. The van der Waals surface area contributed by atoms with Crippen molar-refractivity contribution in [1.82, 2.24) is 9.55 Å². The SMILES string of the molecule is CCCCCC(C)n1cc(C)nc1N. The third-order valence-electron chi connectivity index (χ3n) is 2.58. The molecule has 3 heteroatoms. The van der Waals surface area contributed by atoms with Crippen molar-refractivity contribution in [2.24, 2.45) is 0 Å². The van der Waals surface area contributed by atoms with Crippen LogP contribution in [0.3, 0.4) is 0 Å². The smallest absolute Gasteiger partial charge is 0.200 e. The van der Waals surface area contributed by atoms with Gasteiger partial charge in [-0.1, -0.05) is 26.2 Å². The zero-order chi connectivity index (χ0) is 10.6. The fraction of sp³-hybridized carbons (Fsp3) is 0.727. The minimum Gasteiger partial charge on any atom is -0.369 e. The summed E-state index contributed by atoms with van der Waals surface area (Å²) in [6, 6.07) is 0.475. The second-order valence-corrected chi connectivity index (χ2v) is 3.99. The van der Waals surface area contributed by atoms with E-state index in [1.165, 1.54) is 25.7 Å². The van der Waals surface area contributed by atoms with Gasteiger partial charge in [0.1, 0.15) is 0 Å². The van der Waals surface area contributed by atoms with E-state index in [1.54, 1.807) is 0 Å². The van der Waals surface area contributed by atoms with Gasteiger partial charge in [-0.3, -0.25) is 0 Å². The van der Waals surface area contributed by atoms with Gasteiger partial charge in [-0.05, 0) is 20.3 Å². The lowest BCUT2D eigenvalue weighted by Crippen LogP contribution is -2.07. The lowest BCUT2D eigenvalue weighted by atomic mass is 10.1. The Kier molecular flexibility index (Phi) is 3.98. The summed E-state index contributed by atoms with van der Waals surface area (Å²) in [7, 11) is 0. The summed E-state index contributed by atoms with van der Waals surface area (Å²) in [6.45, 7) is 6.40. The van der Waals surface area contributed by atoms with Gasteiger partial charge in [0, 0.05) is 12.2 Å². The van der Waals surface area contributed by atoms with E-state index in [-0.39, 0.29) is 0 Å². The molecule has 3 nitrogen and oxygen atoms in total. The average Bonchev–Trinajstić information content (AvgIpc) is 2.45. The summed E-state index contributed by atoms with van der Waals surface area (Å²) in [5.74, 6) is 0.645. The standard InChI is InChI=1S/C11H21N3/c1-4-5-6-7-10(3)14-8-9(2)13-11(14)12/h8,10H,4-7H2,1-3H3,(H2,12,13). The molecule has 0 saturated carbocycles. The summed E-state index contributed by atoms with van der Waals surface area (Å²) < 4.78 is 2.07. The van der Waals surface area contributed by atoms with Crippen LogP contribution in [0.1, 0.15) is 51.3 Å². The van der Waals surface area contributed by atoms with Crippen molar-refractivity contribution in [2.75, 3.05) is 5.73 Å². The number of unbranched alkanes of at least 4 members (excludes halogenated alkanes) is 2. The molecule has 2 N–H and O–H groups in total. The third kappa shape index (κ3) is 2.76. The second kappa shape index (κ2) is 5.03. The van der Waals surface area contributed by atoms with Crippen LogP contribution in [0.4, 0.5) is 5.95 Å². The molecule has 1 aromatic heterocycles. The van der Waals surface area contributed by atoms with Crippen molar-refractivity contribution in [3.05, 3.63) is 11.9 Å². The number of rotatable bonds is 5. The Morgan fingerprint density at radius 3 is 2.71 bits per heavy atom. The first-order valence-electron chi connectivity index (χ1n) is 5.46. The van der Waals surface area contributed by atoms with Gasteiger partial charge in [0.15, 0.2) is 0 Å². The van der Waals surface area contributed by atoms with Gasteiger partial charge in [-0.2, -0.15) is 0 Å². The van der Waals surface area contributed by atoms with Crippen LogP contribution in [0.25, 0.3) is 0 Å². The molecular weight excluding hydrogens is 174 g/mol. The summed E-state index contributed by atoms with van der Waals surface area (Å²) in [6.07, 6.45) is 7.07. The Hall–Kier alpha value is -0.990. The Morgan fingerprint density at radius 2 is 2.21 bits per heavy atom. The van der Waals surface area contributed by atoms with Crippen LogP contribution in [0.2, 0.25) is 0 Å². The number of nitrogens with zero attached hydrogens (tertiary/aromatic N) is 2. The fourth-order valence-corrected chi connectivity index (χ4v) is 1.72. The van der Waals surface area contributed by atoms with Crippen molar-refractivity contribution in [2.45, 2.75) is 52.5 Å². The number of nitrogen functional groups attached to an aromatic ring is 1. The molecule has 1 heterocycles. The highest BCUT2D eigenvalue weighted by Crippen LogP contribution is 2.19. The topological polar surface area (TPSA) is 43.8 Å². The Morgan fingerprint density at radius 1 is 1.50 bits per heavy atom. The number of hydrogen-bond acceptors (Lipinski definition) is 2. The number of anilines is 1. The predicted octanol–water partition coefficient (Wildman–Crippen LogP) is 2.92. The largest absolute Gasteiger partial charge is 0.369 e. The van der Waals surface area contributed by atoms with E-state index in [2.05, 4.69) is 23.4 Å². The van der Waals surface area contributed by atoms with Gasteiger partial charge in [0.05, 0.1) is 5.69 Å². The maximum Gasteiger partial charge on any atom is 0.200 e. The number of aryl methyl sites for hydroxylation is 1. The van der Waals surface area contributed by atoms with E-state index in [1.807, 2.05) is 13.1 Å². The Labute approximate surface area is 86.3 Å². The van der Waals surface area contributed by atoms with Crippen LogP contribution in [0, 0.1) is 6.92 Å². The molecule has 1 rings (SSSR count). The summed E-state index contributed by atoms with van der Waals surface area (Å²) in [5.41, 5.74) is 6.80. The van der Waals surface area contributed by atoms with Crippen molar-refractivity contribution < 1.29 is 0 Å². The lowest BCUT2D eigenvalue weighted by molar-refractivity contribution is 0.482. The summed E-state index contributed by atoms with van der Waals surface area (Å²) in [4.78, 5) is 4.20. The molecule has 14 heavy (non-hydrogen) atoms. The molecule has 1 atom stereocenters. The van der Waals surface area contributed by atoms with Gasteiger partial charge in [-0.15, -0.1) is 0 Å². The van der Waals surface area contributed by atoms with Crippen LogP contribution >= 0.6 is 0 Å². The molecule has 0 aromatic carbocycles. The molecule has 1 unspecified atom stereocenters. The van der Waals surface area contributed by atoms with E-state index < -0.39 is 0 Å². The molecule has 0 saturated heterocycles. The Balaban J connectivity index is 2.51. The zero-order valence-corrected chi connectivity index (χ0v) is 9.45. The zero-order valence-electron chi connectivity index (χ0n) is 9.45. The minimum absolute atomic E-state index is 0.475. The molecule has 0 aliphatic carbocycles. The molecule has 80 valence electrons. The molecular formula is C11H21N3. The van der Waals surface area contributed by atoms with E-state index in [9.17, 15) is 0 Å². The number of imidazole rings is 1. The molecule has 0 fully saturated rings. The van der Waals surface area contributed by atoms with Crippen molar-refractivity contribution in [1.29, 1.82) is 0 Å². The van der Waals surface area contributed by atoms with Crippen LogP contribution in [0.15, 0.2) is 6.20 Å². The normalized spacial score (nSPS) is 13.1. The van der Waals surface area contributed by atoms with Crippen LogP contribution < -0.4 is 5.73 Å². The highest BCUT2D eigenvalue weighted by atomic mass is 15.2. The first-order valence-corrected chi connectivity index (χ1v) is 5.46. The second-order valence-electron chi connectivity index (χ2n) is 3.99. The number of nitrogens with two attached hydrogens (primary N) is 1. The van der Waals surface area contributed by atoms with Gasteiger partial charge in [0.2, 0.25) is 5.95 Å². The van der Waals surface area contributed by atoms with Crippen molar-refractivity contribution in [3.63, 3.8) is 0 Å². The van der Waals surface area contributed by atoms with Crippen LogP contribution in [-0.4, -0.2) is 9.55 Å². The fourth-order valence-electron chi connectivity index (χ4n) is 1.72. The Bertz CT molecular complexity index is 278. The molecule has 0 aliphatic heterocycles. The third-order valence-corrected chi connectivity index (χ3v) is 2.58. The first kappa shape index (κ1) is 11.1. The van der Waals surface area contributed by atoms with Gasteiger partial charge in [-0.25, -0.2) is 4.98 Å². The number of aromatic nitrogens is 2. The highest BCUT2D eigenvalue weighted by Gasteiger charge is 2.08. The van der Waals surface area contributed by atoms with Crippen molar-refractivity contribution >= 4 is 5.95 Å². The lowest BCUT2D eigenvalue weighted by Gasteiger charge is -2.13. The summed E-state index contributed by atoms with van der Waals surface area (Å²) in [5, 5.41) is 0. The van der Waals surface area contributed by atoms with Crippen LogP contribution in [0.5, 0.6) is 0 Å². The van der Waals surface area contributed by atoms with Crippen molar-refractivity contribution in [3.8, 4) is 0 Å². The van der Waals surface area contributed by atoms with E-state index >= 15 is 0 Å². The quantitative estimate of drug-likeness (QED) is 0.734. The molecule has 1 aromatic rings. The number of hydrogen-bond donors (Lipinski definition) is 1. The highest BCUT2D eigenvalue weighted by molar-refractivity contribution is 5.22. The first-order chi connectivity index (χ1) is 6.65. The minimum atomic E-state index is 0.475. The monoisotopic (exact) mass is 195 g/mol. The molecule has 0 radical (unpaired) electrons. The maximum absolute atomic E-state index is 5.80. The molecule has 0 amide bonds. The van der Waals surface area contributed by atoms with Gasteiger partial charge in [0.25, 0.3) is 0 Å².